The van der Waals surface area contributed by atoms with E-state index in [-0.39, 0.29) is 11.7 Å². The number of ether oxygens (including phenoxy) is 3. The van der Waals surface area contributed by atoms with Crippen LogP contribution in [0.3, 0.4) is 0 Å². The first kappa shape index (κ1) is 23.5. The van der Waals surface area contributed by atoms with Gasteiger partial charge in [-0.05, 0) is 82.4 Å². The summed E-state index contributed by atoms with van der Waals surface area (Å²) in [6.07, 6.45) is 0.832. The third-order valence-corrected chi connectivity index (χ3v) is 8.28. The van der Waals surface area contributed by atoms with Crippen molar-refractivity contribution in [2.24, 2.45) is 11.3 Å². The van der Waals surface area contributed by atoms with Crippen molar-refractivity contribution >= 4 is 17.7 Å². The number of esters is 2. The molecule has 1 saturated carbocycles. The quantitative estimate of drug-likeness (QED) is 0.585. The Labute approximate surface area is 205 Å². The monoisotopic (exact) mass is 474 g/mol. The topological polar surface area (TPSA) is 78.9 Å². The molecule has 0 aromatic heterocycles. The van der Waals surface area contributed by atoms with E-state index in [9.17, 15) is 14.4 Å². The van der Waals surface area contributed by atoms with Crippen molar-refractivity contribution in [1.82, 2.24) is 0 Å². The highest BCUT2D eigenvalue weighted by Crippen LogP contribution is 2.65. The minimum atomic E-state index is -1.16. The number of carbonyl (C=O) groups is 3. The molecule has 1 heterocycles. The van der Waals surface area contributed by atoms with Crippen molar-refractivity contribution < 1.29 is 28.6 Å². The minimum absolute atomic E-state index is 0.103. The van der Waals surface area contributed by atoms with Gasteiger partial charge < -0.3 is 14.2 Å². The minimum Gasteiger partial charge on any atom is -0.458 e. The van der Waals surface area contributed by atoms with Gasteiger partial charge in [-0.15, -0.1) is 0 Å². The molecule has 2 fully saturated rings. The van der Waals surface area contributed by atoms with E-state index in [2.05, 4.69) is 0 Å². The fraction of sp³-hybridized carbons (Fsp3) is 0.414. The third kappa shape index (κ3) is 3.54. The molecular weight excluding hydrogens is 444 g/mol. The number of ketones is 1. The lowest BCUT2D eigenvalue weighted by Crippen LogP contribution is -2.67. The average Bonchev–Trinajstić information content (AvgIpc) is 3.09. The van der Waals surface area contributed by atoms with E-state index in [4.69, 9.17) is 14.2 Å². The van der Waals surface area contributed by atoms with Crippen LogP contribution >= 0.6 is 0 Å². The van der Waals surface area contributed by atoms with Gasteiger partial charge >= 0.3 is 11.9 Å². The van der Waals surface area contributed by atoms with Gasteiger partial charge in [0.1, 0.15) is 11.7 Å². The Hall–Kier alpha value is -3.25. The molecule has 1 aliphatic heterocycles. The highest BCUT2D eigenvalue weighted by atomic mass is 16.6. The number of hydrogen-bond acceptors (Lipinski definition) is 6. The molecule has 2 aliphatic carbocycles. The van der Waals surface area contributed by atoms with E-state index in [0.717, 1.165) is 5.57 Å². The van der Waals surface area contributed by atoms with Gasteiger partial charge in [0.25, 0.3) is 0 Å². The standard InChI is InChI=1S/C29H30O6/c1-18-15-22(30)24(34-26(32)20-13-9-6-10-14-20)28(4)23(33-25(31)19-11-7-5-8-12-19)16-21-17-29(18,28)35-27(21,2)3/h5-15,21,23-24H,16-17H2,1-4H3/t21-,23+,24-,28-,29+/m1/s1. The van der Waals surface area contributed by atoms with Gasteiger partial charge in [-0.3, -0.25) is 4.79 Å². The Morgan fingerprint density at radius 3 is 2.00 bits per heavy atom. The van der Waals surface area contributed by atoms with Crippen LogP contribution in [-0.4, -0.2) is 41.1 Å². The second-order valence-corrected chi connectivity index (χ2v) is 10.6. The summed E-state index contributed by atoms with van der Waals surface area (Å²) >= 11 is 0. The van der Waals surface area contributed by atoms with E-state index in [1.165, 1.54) is 6.08 Å². The van der Waals surface area contributed by atoms with Crippen LogP contribution in [0.1, 0.15) is 61.3 Å². The highest BCUT2D eigenvalue weighted by Gasteiger charge is 2.73. The van der Waals surface area contributed by atoms with Crippen LogP contribution in [-0.2, 0) is 19.0 Å². The molecule has 0 N–H and O–H groups in total. The molecule has 1 saturated heterocycles. The summed E-state index contributed by atoms with van der Waals surface area (Å²) < 4.78 is 18.8. The van der Waals surface area contributed by atoms with Crippen LogP contribution in [0.15, 0.2) is 72.3 Å². The number of carbonyl (C=O) groups excluding carboxylic acids is 3. The Morgan fingerprint density at radius 2 is 1.43 bits per heavy atom. The van der Waals surface area contributed by atoms with Gasteiger partial charge in [0.05, 0.1) is 22.1 Å². The largest absolute Gasteiger partial charge is 0.458 e. The van der Waals surface area contributed by atoms with Gasteiger partial charge in [0, 0.05) is 0 Å². The first-order valence-electron chi connectivity index (χ1n) is 12.0. The van der Waals surface area contributed by atoms with Crippen molar-refractivity contribution in [3.8, 4) is 0 Å². The maximum absolute atomic E-state index is 13.4. The molecule has 5 rings (SSSR count). The predicted molar refractivity (Wildman–Crippen MR) is 129 cm³/mol. The van der Waals surface area contributed by atoms with Crippen molar-refractivity contribution in [3.63, 3.8) is 0 Å². The van der Waals surface area contributed by atoms with Crippen molar-refractivity contribution in [1.29, 1.82) is 0 Å². The van der Waals surface area contributed by atoms with Crippen molar-refractivity contribution in [2.75, 3.05) is 0 Å². The van der Waals surface area contributed by atoms with E-state index in [0.29, 0.717) is 24.0 Å². The van der Waals surface area contributed by atoms with Gasteiger partial charge in [0.2, 0.25) is 0 Å². The van der Waals surface area contributed by atoms with Crippen LogP contribution in [0.2, 0.25) is 0 Å². The molecule has 0 unspecified atom stereocenters. The van der Waals surface area contributed by atoms with Crippen molar-refractivity contribution in [3.05, 3.63) is 83.4 Å². The molecule has 1 spiro atoms. The fourth-order valence-electron chi connectivity index (χ4n) is 6.25. The summed E-state index contributed by atoms with van der Waals surface area (Å²) in [4.78, 5) is 39.7. The Kier molecular flexibility index (Phi) is 5.48. The zero-order chi connectivity index (χ0) is 25.0. The summed E-state index contributed by atoms with van der Waals surface area (Å²) in [5.74, 6) is -1.29. The number of hydrogen-bond donors (Lipinski definition) is 0. The lowest BCUT2D eigenvalue weighted by atomic mass is 9.52. The van der Waals surface area contributed by atoms with Crippen LogP contribution in [0, 0.1) is 11.3 Å². The number of fused-ring (bicyclic) bond motifs is 1. The Morgan fingerprint density at radius 1 is 0.886 bits per heavy atom. The highest BCUT2D eigenvalue weighted by molar-refractivity contribution is 6.00. The zero-order valence-corrected chi connectivity index (χ0v) is 20.4. The molecule has 182 valence electrons. The van der Waals surface area contributed by atoms with E-state index < -0.39 is 40.8 Å². The van der Waals surface area contributed by atoms with Crippen LogP contribution in [0.4, 0.5) is 0 Å². The number of benzene rings is 2. The predicted octanol–water partition coefficient (Wildman–Crippen LogP) is 4.93. The molecule has 3 aliphatic rings. The van der Waals surface area contributed by atoms with Crippen LogP contribution in [0.25, 0.3) is 0 Å². The second kappa shape index (κ2) is 8.16. The summed E-state index contributed by atoms with van der Waals surface area (Å²) in [6, 6.07) is 17.4. The van der Waals surface area contributed by atoms with Gasteiger partial charge in [-0.1, -0.05) is 36.4 Å². The van der Waals surface area contributed by atoms with E-state index in [1.54, 1.807) is 54.6 Å². The summed E-state index contributed by atoms with van der Waals surface area (Å²) in [7, 11) is 0. The smallest absolute Gasteiger partial charge is 0.338 e. The molecule has 2 bridgehead atoms. The second-order valence-electron chi connectivity index (χ2n) is 10.6. The van der Waals surface area contributed by atoms with Crippen LogP contribution in [0.5, 0.6) is 0 Å². The molecule has 6 nitrogen and oxygen atoms in total. The summed E-state index contributed by atoms with van der Waals surface area (Å²) in [5, 5.41) is 0. The van der Waals surface area contributed by atoms with Gasteiger partial charge in [-0.25, -0.2) is 9.59 Å². The summed E-state index contributed by atoms with van der Waals surface area (Å²) in [6.45, 7) is 7.81. The molecule has 35 heavy (non-hydrogen) atoms. The molecule has 5 atom stereocenters. The molecule has 0 radical (unpaired) electrons. The lowest BCUT2D eigenvalue weighted by molar-refractivity contribution is -0.201. The first-order valence-corrected chi connectivity index (χ1v) is 12.0. The molecular formula is C29H30O6. The first-order chi connectivity index (χ1) is 16.6. The Bertz CT molecular complexity index is 1200. The maximum Gasteiger partial charge on any atom is 0.338 e. The molecule has 2 aromatic rings. The van der Waals surface area contributed by atoms with Crippen molar-refractivity contribution in [2.45, 2.75) is 63.9 Å². The van der Waals surface area contributed by atoms with E-state index in [1.807, 2.05) is 33.8 Å². The zero-order valence-electron chi connectivity index (χ0n) is 20.4. The lowest BCUT2D eigenvalue weighted by Gasteiger charge is -2.56. The van der Waals surface area contributed by atoms with E-state index >= 15 is 0 Å². The average molecular weight is 475 g/mol. The van der Waals surface area contributed by atoms with Gasteiger partial charge in [0.15, 0.2) is 11.9 Å². The molecule has 2 aromatic carbocycles. The molecule has 6 heteroatoms. The maximum atomic E-state index is 13.4. The summed E-state index contributed by atoms with van der Waals surface area (Å²) in [5.41, 5.74) is -0.968. The SMILES string of the molecule is CC1=CC(=O)[C@@H](OC(=O)c2ccccc2)[C@@]2(C)[C@@H](OC(=O)c3ccccc3)C[C@@H]3C[C@]12OC3(C)C. The van der Waals surface area contributed by atoms with Crippen LogP contribution < -0.4 is 0 Å². The fourth-order valence-corrected chi connectivity index (χ4v) is 6.25. The Balaban J connectivity index is 1.58. The third-order valence-electron chi connectivity index (χ3n) is 8.28. The normalized spacial score (nSPS) is 32.9. The number of rotatable bonds is 4. The molecule has 0 amide bonds. The van der Waals surface area contributed by atoms with Gasteiger partial charge in [-0.2, -0.15) is 0 Å².